The summed E-state index contributed by atoms with van der Waals surface area (Å²) in [6.07, 6.45) is 2.47. The number of hydrogen-bond donors (Lipinski definition) is 1. The van der Waals surface area contributed by atoms with Crippen LogP contribution in [0.5, 0.6) is 0 Å². The van der Waals surface area contributed by atoms with Gasteiger partial charge in [-0.25, -0.2) is 0 Å². The summed E-state index contributed by atoms with van der Waals surface area (Å²) in [4.78, 5) is 0. The van der Waals surface area contributed by atoms with Crippen molar-refractivity contribution in [3.8, 4) is 0 Å². The molecule has 2 rings (SSSR count). The number of rotatable bonds is 3. The van der Waals surface area contributed by atoms with E-state index in [0.29, 0.717) is 5.92 Å². The Hall–Kier alpha value is -0.340. The number of halogens is 1. The highest BCUT2D eigenvalue weighted by atomic mass is 79.9. The lowest BCUT2D eigenvalue weighted by molar-refractivity contribution is 0.556. The first-order valence-electron chi connectivity index (χ1n) is 6.03. The molecule has 1 aromatic carbocycles. The van der Waals surface area contributed by atoms with Gasteiger partial charge in [-0.05, 0) is 42.9 Å². The second-order valence-electron chi connectivity index (χ2n) is 5.34. The second-order valence-corrected chi connectivity index (χ2v) is 6.19. The summed E-state index contributed by atoms with van der Waals surface area (Å²) < 4.78 is 1.23. The highest BCUT2D eigenvalue weighted by Crippen LogP contribution is 2.51. The molecule has 0 radical (unpaired) electrons. The van der Waals surface area contributed by atoms with Crippen molar-refractivity contribution in [2.45, 2.75) is 51.0 Å². The van der Waals surface area contributed by atoms with E-state index in [2.05, 4.69) is 54.9 Å². The maximum absolute atomic E-state index is 6.10. The largest absolute Gasteiger partial charge is 0.327 e. The van der Waals surface area contributed by atoms with E-state index in [-0.39, 0.29) is 11.5 Å². The number of hydrogen-bond acceptors (Lipinski definition) is 1. The number of benzene rings is 1. The van der Waals surface area contributed by atoms with Crippen molar-refractivity contribution >= 4 is 15.9 Å². The minimum absolute atomic E-state index is 0.254. The molecule has 1 aromatic rings. The molecule has 0 amide bonds. The fraction of sp³-hybridized carbons (Fsp3) is 0.571. The van der Waals surface area contributed by atoms with Crippen molar-refractivity contribution in [1.29, 1.82) is 0 Å². The van der Waals surface area contributed by atoms with Crippen molar-refractivity contribution in [1.82, 2.24) is 0 Å². The summed E-state index contributed by atoms with van der Waals surface area (Å²) in [7, 11) is 0. The zero-order valence-electron chi connectivity index (χ0n) is 10.3. The monoisotopic (exact) mass is 281 g/mol. The average molecular weight is 282 g/mol. The van der Waals surface area contributed by atoms with Crippen LogP contribution < -0.4 is 5.73 Å². The van der Waals surface area contributed by atoms with Crippen molar-refractivity contribution in [2.24, 2.45) is 5.73 Å². The lowest BCUT2D eigenvalue weighted by Crippen LogP contribution is -2.31. The minimum Gasteiger partial charge on any atom is -0.327 e. The third kappa shape index (κ3) is 1.93. The molecule has 1 aliphatic carbocycles. The van der Waals surface area contributed by atoms with Gasteiger partial charge in [0.15, 0.2) is 0 Å². The summed E-state index contributed by atoms with van der Waals surface area (Å²) >= 11 is 3.68. The summed E-state index contributed by atoms with van der Waals surface area (Å²) in [6, 6.07) is 7.03. The molecule has 0 aliphatic heterocycles. The van der Waals surface area contributed by atoms with Gasteiger partial charge in [-0.2, -0.15) is 0 Å². The van der Waals surface area contributed by atoms with Crippen LogP contribution in [0.3, 0.4) is 0 Å². The quantitative estimate of drug-likeness (QED) is 0.892. The molecule has 88 valence electrons. The van der Waals surface area contributed by atoms with Gasteiger partial charge in [0, 0.05) is 15.9 Å². The fourth-order valence-corrected chi connectivity index (χ4v) is 3.28. The van der Waals surface area contributed by atoms with Crippen LogP contribution in [0.15, 0.2) is 22.7 Å². The first-order chi connectivity index (χ1) is 7.47. The number of nitrogens with two attached hydrogens (primary N) is 1. The van der Waals surface area contributed by atoms with Crippen LogP contribution in [0.4, 0.5) is 0 Å². The molecule has 0 heterocycles. The highest BCUT2D eigenvalue weighted by molar-refractivity contribution is 9.10. The van der Waals surface area contributed by atoms with Gasteiger partial charge in [0.2, 0.25) is 0 Å². The fourth-order valence-electron chi connectivity index (χ4n) is 2.45. The van der Waals surface area contributed by atoms with E-state index in [1.165, 1.54) is 28.4 Å². The molecular weight excluding hydrogens is 262 g/mol. The average Bonchev–Trinajstić information content (AvgIpc) is 2.97. The van der Waals surface area contributed by atoms with Crippen molar-refractivity contribution in [3.63, 3.8) is 0 Å². The maximum atomic E-state index is 6.10. The van der Waals surface area contributed by atoms with Crippen LogP contribution in [0.2, 0.25) is 0 Å². The van der Waals surface area contributed by atoms with Crippen LogP contribution in [-0.2, 0) is 5.41 Å². The lowest BCUT2D eigenvalue weighted by Gasteiger charge is -2.21. The van der Waals surface area contributed by atoms with E-state index < -0.39 is 0 Å². The Balaban J connectivity index is 2.35. The van der Waals surface area contributed by atoms with Crippen molar-refractivity contribution < 1.29 is 0 Å². The van der Waals surface area contributed by atoms with Crippen LogP contribution in [0.25, 0.3) is 0 Å². The van der Waals surface area contributed by atoms with E-state index in [4.69, 9.17) is 5.73 Å². The Morgan fingerprint density at radius 1 is 1.25 bits per heavy atom. The van der Waals surface area contributed by atoms with Gasteiger partial charge in [0.1, 0.15) is 0 Å². The van der Waals surface area contributed by atoms with Gasteiger partial charge in [-0.3, -0.25) is 0 Å². The molecule has 0 bridgehead atoms. The lowest BCUT2D eigenvalue weighted by atomic mass is 9.88. The molecule has 16 heavy (non-hydrogen) atoms. The Morgan fingerprint density at radius 2 is 1.88 bits per heavy atom. The smallest absolute Gasteiger partial charge is 0.0212 e. The van der Waals surface area contributed by atoms with Gasteiger partial charge in [0.25, 0.3) is 0 Å². The van der Waals surface area contributed by atoms with E-state index in [9.17, 15) is 0 Å². The van der Waals surface area contributed by atoms with Gasteiger partial charge in [-0.1, -0.05) is 41.9 Å². The van der Waals surface area contributed by atoms with Gasteiger partial charge < -0.3 is 5.73 Å². The molecule has 1 aliphatic rings. The highest BCUT2D eigenvalue weighted by Gasteiger charge is 2.47. The van der Waals surface area contributed by atoms with Gasteiger partial charge in [0.05, 0.1) is 0 Å². The minimum atomic E-state index is 0.254. The van der Waals surface area contributed by atoms with Crippen LogP contribution >= 0.6 is 15.9 Å². The van der Waals surface area contributed by atoms with Crippen LogP contribution in [-0.4, -0.2) is 6.04 Å². The van der Waals surface area contributed by atoms with Crippen LogP contribution in [0.1, 0.15) is 50.7 Å². The maximum Gasteiger partial charge on any atom is 0.0212 e. The normalized spacial score (nSPS) is 19.9. The molecule has 1 atom stereocenters. The van der Waals surface area contributed by atoms with E-state index in [1.54, 1.807) is 0 Å². The molecule has 1 saturated carbocycles. The first-order valence-corrected chi connectivity index (χ1v) is 6.82. The van der Waals surface area contributed by atoms with Gasteiger partial charge in [-0.15, -0.1) is 0 Å². The zero-order valence-corrected chi connectivity index (χ0v) is 11.8. The standard InChI is InChI=1S/C14H20BrN/c1-9(2)12-5-4-11(8-13(12)15)14(6-7-14)10(3)16/h4-5,8-10H,6-7,16H2,1-3H3. The van der Waals surface area contributed by atoms with Crippen molar-refractivity contribution in [3.05, 3.63) is 33.8 Å². The summed E-state index contributed by atoms with van der Waals surface area (Å²) in [5.74, 6) is 0.564. The molecule has 1 fully saturated rings. The van der Waals surface area contributed by atoms with E-state index in [1.807, 2.05) is 0 Å². The zero-order chi connectivity index (χ0) is 11.9. The van der Waals surface area contributed by atoms with E-state index >= 15 is 0 Å². The third-order valence-corrected chi connectivity index (χ3v) is 4.54. The predicted molar refractivity (Wildman–Crippen MR) is 72.8 cm³/mol. The van der Waals surface area contributed by atoms with E-state index in [0.717, 1.165) is 0 Å². The van der Waals surface area contributed by atoms with Gasteiger partial charge >= 0.3 is 0 Å². The molecule has 2 heteroatoms. The molecule has 1 nitrogen and oxygen atoms in total. The Kier molecular flexibility index (Phi) is 3.15. The Morgan fingerprint density at radius 3 is 2.25 bits per heavy atom. The summed E-state index contributed by atoms with van der Waals surface area (Å²) in [5.41, 5.74) is 9.14. The molecular formula is C14H20BrN. The Bertz CT molecular complexity index is 392. The molecule has 0 aromatic heterocycles. The molecule has 0 saturated heterocycles. The molecule has 2 N–H and O–H groups in total. The third-order valence-electron chi connectivity index (χ3n) is 3.86. The topological polar surface area (TPSA) is 26.0 Å². The SMILES string of the molecule is CC(C)c1ccc(C2(C(C)N)CC2)cc1Br. The van der Waals surface area contributed by atoms with Crippen molar-refractivity contribution in [2.75, 3.05) is 0 Å². The summed E-state index contributed by atoms with van der Waals surface area (Å²) in [6.45, 7) is 6.56. The molecule has 1 unspecified atom stereocenters. The predicted octanol–water partition coefficient (Wildman–Crippen LogP) is 3.95. The Labute approximate surface area is 107 Å². The summed E-state index contributed by atoms with van der Waals surface area (Å²) in [5, 5.41) is 0. The first kappa shape index (κ1) is 12.1. The second kappa shape index (κ2) is 4.15. The van der Waals surface area contributed by atoms with Crippen LogP contribution in [0, 0.1) is 0 Å². The molecule has 0 spiro atoms.